The van der Waals surface area contributed by atoms with E-state index in [0.717, 1.165) is 0 Å². The van der Waals surface area contributed by atoms with Crippen molar-refractivity contribution in [3.63, 3.8) is 0 Å². The Labute approximate surface area is 386 Å². The van der Waals surface area contributed by atoms with Gasteiger partial charge in [-0.2, -0.15) is 0 Å². The Bertz CT molecular complexity index is 1780. The van der Waals surface area contributed by atoms with E-state index < -0.39 is 0 Å². The van der Waals surface area contributed by atoms with Gasteiger partial charge < -0.3 is 19.2 Å². The molecule has 0 aliphatic rings. The van der Waals surface area contributed by atoms with E-state index in [2.05, 4.69) is 97.1 Å². The molecule has 0 amide bonds. The average molecular weight is 897 g/mol. The van der Waals surface area contributed by atoms with E-state index >= 15 is 0 Å². The Morgan fingerprint density at radius 3 is 0.377 bits per heavy atom. The van der Waals surface area contributed by atoms with Crippen molar-refractivity contribution in [3.8, 4) is 0 Å². The van der Waals surface area contributed by atoms with Crippen molar-refractivity contribution in [1.29, 1.82) is 0 Å². The van der Waals surface area contributed by atoms with Crippen molar-refractivity contribution < 1.29 is 40.9 Å². The van der Waals surface area contributed by atoms with Gasteiger partial charge in [-0.05, 0) is 44.5 Å². The second-order valence-corrected chi connectivity index (χ2v) is 16.9. The van der Waals surface area contributed by atoms with E-state index in [9.17, 15) is 19.2 Å². The van der Waals surface area contributed by atoms with Gasteiger partial charge in [0.15, 0.2) is 0 Å². The Balaban J connectivity index is 0.000000178. The monoisotopic (exact) mass is 896 g/mol. The quantitative estimate of drug-likeness (QED) is 0.0923. The molecule has 0 spiro atoms. The van der Waals surface area contributed by atoms with Crippen LogP contribution in [0.2, 0.25) is 0 Å². The normalized spacial score (nSPS) is 10.4. The van der Waals surface area contributed by atoms with Crippen molar-refractivity contribution in [2.24, 2.45) is 0 Å². The Hall–Kier alpha value is -4.82. The molecule has 0 heterocycles. The van der Waals surface area contributed by atoms with E-state index in [-0.39, 0.29) is 82.9 Å². The van der Waals surface area contributed by atoms with Gasteiger partial charge in [0.1, 0.15) is 0 Å². The van der Waals surface area contributed by atoms with E-state index in [1.54, 1.807) is 0 Å². The summed E-state index contributed by atoms with van der Waals surface area (Å²) in [5.74, 6) is 0. The molecule has 300 valence electrons. The van der Waals surface area contributed by atoms with Crippen LogP contribution in [0.3, 0.4) is 0 Å². The summed E-state index contributed by atoms with van der Waals surface area (Å²) in [5, 5.41) is 0. The molecule has 0 bridgehead atoms. The Morgan fingerprint density at radius 1 is 0.197 bits per heavy atom. The zero-order chi connectivity index (χ0) is 42.0. The molecule has 8 aromatic carbocycles. The van der Waals surface area contributed by atoms with Crippen LogP contribution in [0.1, 0.15) is 66.7 Å². The summed E-state index contributed by atoms with van der Waals surface area (Å²) in [7, 11) is -0.385. The molecule has 0 saturated carbocycles. The van der Waals surface area contributed by atoms with Gasteiger partial charge >= 0.3 is 0 Å². The fourth-order valence-electron chi connectivity index (χ4n) is 6.53. The van der Waals surface area contributed by atoms with Gasteiger partial charge in [0, 0.05) is 43.9 Å². The molecule has 4 N–H and O–H groups in total. The summed E-state index contributed by atoms with van der Waals surface area (Å²) < 4.78 is 0. The molecule has 0 fully saturated rings. The topological polar surface area (TPSA) is 80.9 Å². The summed E-state index contributed by atoms with van der Waals surface area (Å²) in [6.07, 6.45) is 0. The van der Waals surface area contributed by atoms with Crippen LogP contribution in [-0.4, -0.2) is 58.2 Å². The van der Waals surface area contributed by atoms with E-state index in [4.69, 9.17) is 0 Å². The largest absolute Gasteiger partial charge is 0.431 e. The van der Waals surface area contributed by atoms with Crippen molar-refractivity contribution in [2.75, 3.05) is 0 Å². The first-order valence-electron chi connectivity index (χ1n) is 19.6. The van der Waals surface area contributed by atoms with Crippen molar-refractivity contribution in [2.45, 2.75) is 22.2 Å². The maximum absolute atomic E-state index is 9.46. The molecule has 0 atom stereocenters. The molecule has 8 rings (SSSR count). The van der Waals surface area contributed by atoms with Crippen LogP contribution in [0, 0.1) is 0 Å². The molecule has 8 aromatic rings. The van der Waals surface area contributed by atoms with Crippen LogP contribution in [0.25, 0.3) is 0 Å². The molecule has 0 saturated heterocycles. The van der Waals surface area contributed by atoms with E-state index in [0.29, 0.717) is 0 Å². The molecular weight excluding hydrogens is 849 g/mol. The number of benzene rings is 8. The molecule has 0 aromatic heterocycles. The Kier molecular flexibility index (Phi) is 22.9. The predicted octanol–water partition coefficient (Wildman–Crippen LogP) is 9.55. The fraction of sp³-hybridized carbons (Fsp3) is 0.0769. The minimum atomic E-state index is -0.0962. The summed E-state index contributed by atoms with van der Waals surface area (Å²) in [4.78, 5) is 37.8. The first-order chi connectivity index (χ1) is 29.7. The molecule has 0 aliphatic carbocycles. The summed E-state index contributed by atoms with van der Waals surface area (Å²) in [5.41, 5.74) is 9.84. The fourth-order valence-corrected chi connectivity index (χ4v) is 9.26. The minimum Gasteiger partial charge on any atom is -0.431 e. The zero-order valence-electron chi connectivity index (χ0n) is 33.7. The zero-order valence-corrected chi connectivity index (χ0v) is 39.3. The smallest absolute Gasteiger partial charge is 0.237 e. The maximum Gasteiger partial charge on any atom is 0.237 e. The van der Waals surface area contributed by atoms with Gasteiger partial charge in [-0.1, -0.05) is 243 Å². The standard InChI is InChI=1S/4C13H12OSi.Ti/c4*14-15-13(11-7-3-1-4-8-11)12-9-5-2-6-10-12;/h4*1-10,13-14H;. The molecule has 0 aliphatic heterocycles. The van der Waals surface area contributed by atoms with Crippen molar-refractivity contribution >= 4 is 39.1 Å². The van der Waals surface area contributed by atoms with Crippen LogP contribution in [-0.2, 0) is 21.7 Å². The van der Waals surface area contributed by atoms with E-state index in [1.807, 2.05) is 146 Å². The summed E-state index contributed by atoms with van der Waals surface area (Å²) in [6.45, 7) is 0. The van der Waals surface area contributed by atoms with Crippen molar-refractivity contribution in [3.05, 3.63) is 287 Å². The maximum atomic E-state index is 9.46. The first kappa shape index (κ1) is 48.8. The number of hydrogen-bond acceptors (Lipinski definition) is 4. The summed E-state index contributed by atoms with van der Waals surface area (Å²) >= 11 is 0. The Morgan fingerprint density at radius 2 is 0.295 bits per heavy atom. The first-order valence-corrected chi connectivity index (χ1v) is 23.7. The van der Waals surface area contributed by atoms with Crippen LogP contribution < -0.4 is 0 Å². The third-order valence-electron chi connectivity index (χ3n) is 9.58. The molecule has 4 nitrogen and oxygen atoms in total. The number of hydrogen-bond donors (Lipinski definition) is 4. The molecule has 0 unspecified atom stereocenters. The van der Waals surface area contributed by atoms with Crippen LogP contribution >= 0.6 is 0 Å². The van der Waals surface area contributed by atoms with Gasteiger partial charge in [-0.3, -0.25) is 0 Å². The molecule has 61 heavy (non-hydrogen) atoms. The second kappa shape index (κ2) is 28.7. The molecular formula is C52H48O4Si4Ti. The van der Waals surface area contributed by atoms with Gasteiger partial charge in [0.2, 0.25) is 39.1 Å². The van der Waals surface area contributed by atoms with E-state index in [1.165, 1.54) is 44.5 Å². The van der Waals surface area contributed by atoms with Crippen LogP contribution in [0.4, 0.5) is 0 Å². The molecule has 8 radical (unpaired) electrons. The van der Waals surface area contributed by atoms with Crippen molar-refractivity contribution in [1.82, 2.24) is 0 Å². The van der Waals surface area contributed by atoms with Gasteiger partial charge in [0.25, 0.3) is 0 Å². The van der Waals surface area contributed by atoms with Crippen LogP contribution in [0.15, 0.2) is 243 Å². The third kappa shape index (κ3) is 15.9. The number of rotatable bonds is 12. The van der Waals surface area contributed by atoms with Gasteiger partial charge in [-0.15, -0.1) is 0 Å². The minimum absolute atomic E-state index is 0. The SMILES string of the molecule is O[Si]C(c1ccccc1)c1ccccc1.O[Si]C(c1ccccc1)c1ccccc1.O[Si]C(c1ccccc1)c1ccccc1.O[Si]C(c1ccccc1)c1ccccc1.[Ti]. The van der Waals surface area contributed by atoms with Gasteiger partial charge in [-0.25, -0.2) is 0 Å². The predicted molar refractivity (Wildman–Crippen MR) is 251 cm³/mol. The summed E-state index contributed by atoms with van der Waals surface area (Å²) in [6, 6.07) is 80.9. The third-order valence-corrected chi connectivity index (χ3v) is 13.3. The van der Waals surface area contributed by atoms with Gasteiger partial charge in [0.05, 0.1) is 0 Å². The average Bonchev–Trinajstić information content (AvgIpc) is 3.34. The van der Waals surface area contributed by atoms with Crippen LogP contribution in [0.5, 0.6) is 0 Å². The second-order valence-electron chi connectivity index (χ2n) is 13.5. The molecule has 9 heteroatoms.